The number of rotatable bonds is 3. The predicted molar refractivity (Wildman–Crippen MR) is 47.3 cm³/mol. The van der Waals surface area contributed by atoms with E-state index in [2.05, 4.69) is 9.47 Å². The van der Waals surface area contributed by atoms with Gasteiger partial charge in [0.1, 0.15) is 5.92 Å². The Bertz CT molecular complexity index is 321. The lowest BCUT2D eigenvalue weighted by Gasteiger charge is -2.27. The fourth-order valence-electron chi connectivity index (χ4n) is 1.29. The number of methoxy groups -OCH3 is 2. The van der Waals surface area contributed by atoms with Crippen molar-refractivity contribution in [3.8, 4) is 0 Å². The molecular weight excluding hydrogens is 204 g/mol. The van der Waals surface area contributed by atoms with E-state index in [-0.39, 0.29) is 5.76 Å². The van der Waals surface area contributed by atoms with Crippen LogP contribution in [0.5, 0.6) is 0 Å². The van der Waals surface area contributed by atoms with Crippen molar-refractivity contribution in [2.24, 2.45) is 5.92 Å². The van der Waals surface area contributed by atoms with Gasteiger partial charge in [0.25, 0.3) is 5.79 Å². The van der Waals surface area contributed by atoms with Crippen molar-refractivity contribution in [3.63, 3.8) is 0 Å². The molecule has 0 fully saturated rings. The van der Waals surface area contributed by atoms with Gasteiger partial charge in [0, 0.05) is 0 Å². The van der Waals surface area contributed by atoms with Gasteiger partial charge in [-0.15, -0.1) is 0 Å². The van der Waals surface area contributed by atoms with Crippen LogP contribution < -0.4 is 0 Å². The molecule has 0 saturated heterocycles. The summed E-state index contributed by atoms with van der Waals surface area (Å²) in [6.07, 6.45) is 0.986. The van der Waals surface area contributed by atoms with Crippen molar-refractivity contribution in [3.05, 3.63) is 11.8 Å². The lowest BCUT2D eigenvalue weighted by atomic mass is 10.00. The van der Waals surface area contributed by atoms with Crippen LogP contribution in [-0.4, -0.2) is 37.1 Å². The average Bonchev–Trinajstić information content (AvgIpc) is 2.52. The minimum atomic E-state index is -2.07. The Morgan fingerprint density at radius 3 is 2.67 bits per heavy atom. The average molecular weight is 216 g/mol. The van der Waals surface area contributed by atoms with E-state index in [9.17, 15) is 14.7 Å². The van der Waals surface area contributed by atoms with E-state index < -0.39 is 23.6 Å². The number of cyclic esters (lactones) is 1. The third kappa shape index (κ3) is 1.80. The molecule has 15 heavy (non-hydrogen) atoms. The smallest absolute Gasteiger partial charge is 0.337 e. The number of aliphatic hydroxyl groups is 1. The fraction of sp³-hybridized carbons (Fsp3) is 0.556. The Labute approximate surface area is 86.4 Å². The van der Waals surface area contributed by atoms with Gasteiger partial charge < -0.3 is 19.3 Å². The van der Waals surface area contributed by atoms with Crippen LogP contribution in [-0.2, 0) is 23.8 Å². The van der Waals surface area contributed by atoms with Crippen LogP contribution in [0.25, 0.3) is 0 Å². The molecule has 1 aliphatic heterocycles. The molecule has 0 amide bonds. The summed E-state index contributed by atoms with van der Waals surface area (Å²) >= 11 is 0. The molecule has 1 N–H and O–H groups in total. The summed E-state index contributed by atoms with van der Waals surface area (Å²) in [7, 11) is 2.44. The minimum absolute atomic E-state index is 0.106. The molecule has 0 spiro atoms. The van der Waals surface area contributed by atoms with Crippen LogP contribution in [0.1, 0.15) is 6.92 Å². The molecule has 6 heteroatoms. The highest BCUT2D eigenvalue weighted by Crippen LogP contribution is 2.33. The van der Waals surface area contributed by atoms with E-state index >= 15 is 0 Å². The van der Waals surface area contributed by atoms with Gasteiger partial charge in [-0.3, -0.25) is 4.79 Å². The molecule has 84 valence electrons. The van der Waals surface area contributed by atoms with E-state index in [1.165, 1.54) is 21.1 Å². The first-order valence-electron chi connectivity index (χ1n) is 4.25. The Morgan fingerprint density at radius 1 is 1.60 bits per heavy atom. The number of carbonyl (C=O) groups is 2. The Hall–Kier alpha value is -1.56. The molecule has 0 saturated carbocycles. The van der Waals surface area contributed by atoms with Crippen molar-refractivity contribution < 1.29 is 28.9 Å². The van der Waals surface area contributed by atoms with Crippen LogP contribution in [0.4, 0.5) is 0 Å². The van der Waals surface area contributed by atoms with Crippen molar-refractivity contribution >= 4 is 11.9 Å². The van der Waals surface area contributed by atoms with E-state index in [0.717, 1.165) is 6.08 Å². The molecule has 0 aromatic rings. The quantitative estimate of drug-likeness (QED) is 0.645. The Balaban J connectivity index is 2.97. The van der Waals surface area contributed by atoms with Gasteiger partial charge in [-0.1, -0.05) is 0 Å². The van der Waals surface area contributed by atoms with Crippen molar-refractivity contribution in [2.75, 3.05) is 14.2 Å². The molecule has 0 radical (unpaired) electrons. The lowest BCUT2D eigenvalue weighted by Crippen LogP contribution is -2.44. The van der Waals surface area contributed by atoms with Gasteiger partial charge in [0.05, 0.1) is 20.3 Å². The van der Waals surface area contributed by atoms with Crippen LogP contribution in [0.2, 0.25) is 0 Å². The third-order valence-electron chi connectivity index (χ3n) is 2.22. The normalized spacial score (nSPS) is 26.7. The molecule has 2 atom stereocenters. The van der Waals surface area contributed by atoms with Crippen molar-refractivity contribution in [1.82, 2.24) is 0 Å². The van der Waals surface area contributed by atoms with Crippen LogP contribution >= 0.6 is 0 Å². The Morgan fingerprint density at radius 2 is 2.20 bits per heavy atom. The van der Waals surface area contributed by atoms with Gasteiger partial charge >= 0.3 is 11.9 Å². The summed E-state index contributed by atoms with van der Waals surface area (Å²) in [5.41, 5.74) is 0. The highest BCUT2D eigenvalue weighted by molar-refractivity contribution is 5.87. The molecule has 1 rings (SSSR count). The second kappa shape index (κ2) is 3.90. The SMILES string of the molecule is COC(=O)C(C)C1(O)OC(=O)C=C1OC. The highest BCUT2D eigenvalue weighted by Gasteiger charge is 2.51. The first-order chi connectivity index (χ1) is 6.95. The van der Waals surface area contributed by atoms with Crippen LogP contribution in [0.3, 0.4) is 0 Å². The number of esters is 2. The maximum absolute atomic E-state index is 11.2. The zero-order chi connectivity index (χ0) is 11.6. The van der Waals surface area contributed by atoms with Crippen LogP contribution in [0, 0.1) is 5.92 Å². The van der Waals surface area contributed by atoms with Gasteiger partial charge in [0.15, 0.2) is 5.76 Å². The van der Waals surface area contributed by atoms with Gasteiger partial charge in [-0.05, 0) is 6.92 Å². The maximum atomic E-state index is 11.2. The fourth-order valence-corrected chi connectivity index (χ4v) is 1.29. The lowest BCUT2D eigenvalue weighted by molar-refractivity contribution is -0.215. The monoisotopic (exact) mass is 216 g/mol. The van der Waals surface area contributed by atoms with Crippen LogP contribution in [0.15, 0.2) is 11.8 Å². The second-order valence-electron chi connectivity index (χ2n) is 3.08. The largest absolute Gasteiger partial charge is 0.494 e. The molecule has 2 unspecified atom stereocenters. The predicted octanol–water partition coefficient (Wildman–Crippen LogP) is -0.429. The third-order valence-corrected chi connectivity index (χ3v) is 2.22. The summed E-state index contributed by atoms with van der Waals surface area (Å²) < 4.78 is 13.9. The topological polar surface area (TPSA) is 82.1 Å². The van der Waals surface area contributed by atoms with Gasteiger partial charge in [0.2, 0.25) is 0 Å². The molecule has 0 aromatic heterocycles. The van der Waals surface area contributed by atoms with E-state index in [4.69, 9.17) is 4.74 Å². The van der Waals surface area contributed by atoms with E-state index in [0.29, 0.717) is 0 Å². The standard InChI is InChI=1S/C9H12O6/c1-5(8(11)14-3)9(12)6(13-2)4-7(10)15-9/h4-5,12H,1-3H3. The molecular formula is C9H12O6. The van der Waals surface area contributed by atoms with Crippen molar-refractivity contribution in [1.29, 1.82) is 0 Å². The summed E-state index contributed by atoms with van der Waals surface area (Å²) in [4.78, 5) is 22.2. The van der Waals surface area contributed by atoms with E-state index in [1.807, 2.05) is 0 Å². The number of ether oxygens (including phenoxy) is 3. The number of carbonyl (C=O) groups excluding carboxylic acids is 2. The summed E-state index contributed by atoms with van der Waals surface area (Å²) in [5, 5.41) is 9.95. The first-order valence-corrected chi connectivity index (χ1v) is 4.25. The first kappa shape index (κ1) is 11.5. The van der Waals surface area contributed by atoms with Gasteiger partial charge in [-0.25, -0.2) is 4.79 Å². The zero-order valence-electron chi connectivity index (χ0n) is 8.64. The van der Waals surface area contributed by atoms with E-state index in [1.54, 1.807) is 0 Å². The highest BCUT2D eigenvalue weighted by atomic mass is 16.7. The van der Waals surface area contributed by atoms with Crippen molar-refractivity contribution in [2.45, 2.75) is 12.7 Å². The molecule has 0 bridgehead atoms. The maximum Gasteiger partial charge on any atom is 0.337 e. The molecule has 1 heterocycles. The Kier molecular flexibility index (Phi) is 2.99. The molecule has 0 aromatic carbocycles. The molecule has 1 aliphatic rings. The molecule has 0 aliphatic carbocycles. The van der Waals surface area contributed by atoms with Gasteiger partial charge in [-0.2, -0.15) is 0 Å². The number of hydrogen-bond acceptors (Lipinski definition) is 6. The summed E-state index contributed by atoms with van der Waals surface area (Å²) in [6.45, 7) is 1.37. The molecule has 6 nitrogen and oxygen atoms in total. The summed E-state index contributed by atoms with van der Waals surface area (Å²) in [5.74, 6) is -4.69. The summed E-state index contributed by atoms with van der Waals surface area (Å²) in [6, 6.07) is 0. The second-order valence-corrected chi connectivity index (χ2v) is 3.08. The zero-order valence-corrected chi connectivity index (χ0v) is 8.64. The number of hydrogen-bond donors (Lipinski definition) is 1. The minimum Gasteiger partial charge on any atom is -0.494 e.